The Kier molecular flexibility index (Phi) is 3.88. The third-order valence-electron chi connectivity index (χ3n) is 2.80. The number of hydrogen-bond donors (Lipinski definition) is 1. The highest BCUT2D eigenvalue weighted by Crippen LogP contribution is 2.08. The van der Waals surface area contributed by atoms with Gasteiger partial charge >= 0.3 is 0 Å². The zero-order valence-electron chi connectivity index (χ0n) is 10.1. The van der Waals surface area contributed by atoms with E-state index in [9.17, 15) is 0 Å². The Bertz CT molecular complexity index is 462. The molecule has 2 rings (SSSR count). The molecule has 90 valence electrons. The normalized spacial score (nSPS) is 10.7. The first-order valence-electron chi connectivity index (χ1n) is 5.94. The van der Waals surface area contributed by atoms with E-state index in [1.807, 2.05) is 13.0 Å². The van der Waals surface area contributed by atoms with Gasteiger partial charge in [0.25, 0.3) is 0 Å². The summed E-state index contributed by atoms with van der Waals surface area (Å²) in [5.74, 6) is 1.98. The third kappa shape index (κ3) is 2.91. The van der Waals surface area contributed by atoms with Gasteiger partial charge in [-0.15, -0.1) is 10.2 Å². The second-order valence-corrected chi connectivity index (χ2v) is 4.13. The van der Waals surface area contributed by atoms with Crippen LogP contribution in [0.15, 0.2) is 30.3 Å². The Labute approximate surface area is 101 Å². The van der Waals surface area contributed by atoms with Crippen molar-refractivity contribution in [3.8, 4) is 0 Å². The van der Waals surface area contributed by atoms with Gasteiger partial charge < -0.3 is 10.3 Å². The summed E-state index contributed by atoms with van der Waals surface area (Å²) in [6.45, 7) is 3.51. The molecule has 0 spiro atoms. The molecule has 1 aromatic heterocycles. The molecule has 2 aromatic rings. The molecule has 0 aliphatic carbocycles. The predicted octanol–water partition coefficient (Wildman–Crippen LogP) is 1.53. The molecular formula is C13H18N4. The van der Waals surface area contributed by atoms with Crippen LogP contribution < -0.4 is 5.73 Å². The van der Waals surface area contributed by atoms with Crippen molar-refractivity contribution >= 4 is 0 Å². The summed E-state index contributed by atoms with van der Waals surface area (Å²) in [6.07, 6.45) is 1.84. The highest BCUT2D eigenvalue weighted by Gasteiger charge is 2.08. The van der Waals surface area contributed by atoms with Gasteiger partial charge in [-0.05, 0) is 25.5 Å². The molecule has 0 aliphatic rings. The number of benzene rings is 1. The molecule has 0 fully saturated rings. The summed E-state index contributed by atoms with van der Waals surface area (Å²) < 4.78 is 2.16. The van der Waals surface area contributed by atoms with Gasteiger partial charge in [0.05, 0.1) is 6.54 Å². The fourth-order valence-corrected chi connectivity index (χ4v) is 1.84. The van der Waals surface area contributed by atoms with Crippen molar-refractivity contribution in [2.24, 2.45) is 5.73 Å². The van der Waals surface area contributed by atoms with Gasteiger partial charge in [-0.25, -0.2) is 0 Å². The Hall–Kier alpha value is -1.68. The molecule has 1 aromatic carbocycles. The van der Waals surface area contributed by atoms with Gasteiger partial charge in [-0.1, -0.05) is 30.3 Å². The van der Waals surface area contributed by atoms with Crippen LogP contribution in [0.1, 0.15) is 23.6 Å². The molecule has 0 unspecified atom stereocenters. The fraction of sp³-hybridized carbons (Fsp3) is 0.385. The van der Waals surface area contributed by atoms with Crippen molar-refractivity contribution in [3.05, 3.63) is 47.5 Å². The van der Waals surface area contributed by atoms with Crippen LogP contribution >= 0.6 is 0 Å². The highest BCUT2D eigenvalue weighted by molar-refractivity contribution is 5.16. The number of nitrogens with zero attached hydrogens (tertiary/aromatic N) is 3. The lowest BCUT2D eigenvalue weighted by molar-refractivity contribution is 0.677. The quantitative estimate of drug-likeness (QED) is 0.847. The van der Waals surface area contributed by atoms with Crippen LogP contribution in [0.3, 0.4) is 0 Å². The van der Waals surface area contributed by atoms with Crippen molar-refractivity contribution in [1.29, 1.82) is 0 Å². The summed E-state index contributed by atoms with van der Waals surface area (Å²) in [5, 5.41) is 8.34. The van der Waals surface area contributed by atoms with E-state index in [1.165, 1.54) is 5.56 Å². The fourth-order valence-electron chi connectivity index (χ4n) is 1.84. The standard InChI is InChI=1S/C13H18N4/c1-11-15-16-13(8-5-9-14)17(11)10-12-6-3-2-4-7-12/h2-4,6-7H,5,8-10,14H2,1H3. The van der Waals surface area contributed by atoms with E-state index < -0.39 is 0 Å². The zero-order chi connectivity index (χ0) is 12.1. The van der Waals surface area contributed by atoms with Crippen LogP contribution in [-0.4, -0.2) is 21.3 Å². The van der Waals surface area contributed by atoms with Gasteiger partial charge in [0.2, 0.25) is 0 Å². The SMILES string of the molecule is Cc1nnc(CCCN)n1Cc1ccccc1. The van der Waals surface area contributed by atoms with Crippen LogP contribution in [0.5, 0.6) is 0 Å². The maximum absolute atomic E-state index is 5.53. The van der Waals surface area contributed by atoms with E-state index in [0.717, 1.165) is 31.0 Å². The predicted molar refractivity (Wildman–Crippen MR) is 67.7 cm³/mol. The molecule has 0 aliphatic heterocycles. The summed E-state index contributed by atoms with van der Waals surface area (Å²) in [4.78, 5) is 0. The summed E-state index contributed by atoms with van der Waals surface area (Å²) in [5.41, 5.74) is 6.80. The molecule has 0 atom stereocenters. The second-order valence-electron chi connectivity index (χ2n) is 4.13. The minimum atomic E-state index is 0.692. The third-order valence-corrected chi connectivity index (χ3v) is 2.80. The molecule has 1 heterocycles. The molecule has 17 heavy (non-hydrogen) atoms. The van der Waals surface area contributed by atoms with Crippen molar-refractivity contribution in [3.63, 3.8) is 0 Å². The number of hydrogen-bond acceptors (Lipinski definition) is 3. The summed E-state index contributed by atoms with van der Waals surface area (Å²) in [6, 6.07) is 10.4. The highest BCUT2D eigenvalue weighted by atomic mass is 15.3. The maximum Gasteiger partial charge on any atom is 0.133 e. The topological polar surface area (TPSA) is 56.7 Å². The van der Waals surface area contributed by atoms with Crippen molar-refractivity contribution in [2.75, 3.05) is 6.54 Å². The minimum Gasteiger partial charge on any atom is -0.330 e. The minimum absolute atomic E-state index is 0.692. The molecule has 0 radical (unpaired) electrons. The number of aromatic nitrogens is 3. The van der Waals surface area contributed by atoms with Gasteiger partial charge in [0.15, 0.2) is 0 Å². The Morgan fingerprint density at radius 1 is 1.18 bits per heavy atom. The Morgan fingerprint density at radius 3 is 2.65 bits per heavy atom. The Morgan fingerprint density at radius 2 is 1.94 bits per heavy atom. The van der Waals surface area contributed by atoms with E-state index in [0.29, 0.717) is 6.54 Å². The van der Waals surface area contributed by atoms with Crippen LogP contribution in [-0.2, 0) is 13.0 Å². The smallest absolute Gasteiger partial charge is 0.133 e. The zero-order valence-corrected chi connectivity index (χ0v) is 10.1. The van der Waals surface area contributed by atoms with E-state index in [1.54, 1.807) is 0 Å². The van der Waals surface area contributed by atoms with Crippen LogP contribution in [0, 0.1) is 6.92 Å². The van der Waals surface area contributed by atoms with Crippen LogP contribution in [0.2, 0.25) is 0 Å². The van der Waals surface area contributed by atoms with Gasteiger partial charge in [0.1, 0.15) is 11.6 Å². The van der Waals surface area contributed by atoms with E-state index in [2.05, 4.69) is 39.0 Å². The molecule has 4 nitrogen and oxygen atoms in total. The average molecular weight is 230 g/mol. The monoisotopic (exact) mass is 230 g/mol. The van der Waals surface area contributed by atoms with Gasteiger partial charge in [0, 0.05) is 6.42 Å². The molecule has 4 heteroatoms. The summed E-state index contributed by atoms with van der Waals surface area (Å²) >= 11 is 0. The molecule has 0 amide bonds. The molecule has 0 bridgehead atoms. The van der Waals surface area contributed by atoms with E-state index >= 15 is 0 Å². The van der Waals surface area contributed by atoms with Gasteiger partial charge in [-0.3, -0.25) is 0 Å². The number of aryl methyl sites for hydroxylation is 2. The largest absolute Gasteiger partial charge is 0.330 e. The second kappa shape index (κ2) is 5.59. The van der Waals surface area contributed by atoms with Crippen molar-refractivity contribution in [1.82, 2.24) is 14.8 Å². The van der Waals surface area contributed by atoms with Crippen molar-refractivity contribution in [2.45, 2.75) is 26.3 Å². The van der Waals surface area contributed by atoms with Gasteiger partial charge in [-0.2, -0.15) is 0 Å². The first-order chi connectivity index (χ1) is 8.31. The van der Waals surface area contributed by atoms with Crippen molar-refractivity contribution < 1.29 is 0 Å². The number of nitrogens with two attached hydrogens (primary N) is 1. The lowest BCUT2D eigenvalue weighted by atomic mass is 10.2. The molecular weight excluding hydrogens is 212 g/mol. The molecule has 2 N–H and O–H groups in total. The molecule has 0 saturated heterocycles. The van der Waals surface area contributed by atoms with Crippen LogP contribution in [0.4, 0.5) is 0 Å². The molecule has 0 saturated carbocycles. The number of rotatable bonds is 5. The van der Waals surface area contributed by atoms with E-state index in [4.69, 9.17) is 5.73 Å². The van der Waals surface area contributed by atoms with Crippen LogP contribution in [0.25, 0.3) is 0 Å². The Balaban J connectivity index is 2.17. The first-order valence-corrected chi connectivity index (χ1v) is 5.94. The lowest BCUT2D eigenvalue weighted by Crippen LogP contribution is -2.09. The maximum atomic E-state index is 5.53. The van der Waals surface area contributed by atoms with E-state index in [-0.39, 0.29) is 0 Å². The summed E-state index contributed by atoms with van der Waals surface area (Å²) in [7, 11) is 0. The first kappa shape index (κ1) is 11.8. The lowest BCUT2D eigenvalue weighted by Gasteiger charge is -2.08. The average Bonchev–Trinajstić information content (AvgIpc) is 2.70.